The zero-order chi connectivity index (χ0) is 19.5. The maximum Gasteiger partial charge on any atom is 0.315 e. The van der Waals surface area contributed by atoms with Gasteiger partial charge in [-0.1, -0.05) is 17.3 Å². The molecule has 1 aliphatic rings. The highest BCUT2D eigenvalue weighted by molar-refractivity contribution is 5.75. The zero-order valence-electron chi connectivity index (χ0n) is 15.6. The van der Waals surface area contributed by atoms with E-state index in [4.69, 9.17) is 23.5 Å². The van der Waals surface area contributed by atoms with Gasteiger partial charge in [-0.15, -0.1) is 0 Å². The molecule has 7 heteroatoms. The molecule has 0 amide bonds. The average molecular weight is 381 g/mol. The summed E-state index contributed by atoms with van der Waals surface area (Å²) in [6.07, 6.45) is 0.151. The maximum absolute atomic E-state index is 12.2. The Labute approximate surface area is 161 Å². The molecular weight excluding hydrogens is 362 g/mol. The van der Waals surface area contributed by atoms with Crippen molar-refractivity contribution in [1.29, 1.82) is 0 Å². The molecule has 0 atom stereocenters. The molecule has 0 unspecified atom stereocenters. The van der Waals surface area contributed by atoms with Gasteiger partial charge in [0, 0.05) is 6.07 Å². The second-order valence-corrected chi connectivity index (χ2v) is 6.40. The van der Waals surface area contributed by atoms with Crippen LogP contribution in [-0.4, -0.2) is 17.9 Å². The number of fused-ring (bicyclic) bond motifs is 1. The van der Waals surface area contributed by atoms with Crippen LogP contribution in [0, 0.1) is 13.8 Å². The van der Waals surface area contributed by atoms with Gasteiger partial charge in [-0.25, -0.2) is 0 Å². The number of aryl methyl sites for hydroxylation is 2. The molecule has 0 fully saturated rings. The summed E-state index contributed by atoms with van der Waals surface area (Å²) in [5, 5.41) is 3.91. The third-order valence-corrected chi connectivity index (χ3v) is 4.41. The van der Waals surface area contributed by atoms with E-state index in [1.54, 1.807) is 18.2 Å². The molecule has 28 heavy (non-hydrogen) atoms. The molecule has 0 saturated carbocycles. The molecule has 3 aromatic rings. The van der Waals surface area contributed by atoms with Crippen molar-refractivity contribution in [3.63, 3.8) is 0 Å². The molecule has 2 aromatic carbocycles. The number of aromatic nitrogens is 1. The third kappa shape index (κ3) is 3.93. The van der Waals surface area contributed by atoms with Crippen LogP contribution in [0.15, 0.2) is 47.0 Å². The van der Waals surface area contributed by atoms with Crippen molar-refractivity contribution in [3.8, 4) is 23.0 Å². The molecule has 0 radical (unpaired) electrons. The first-order valence-corrected chi connectivity index (χ1v) is 8.82. The second kappa shape index (κ2) is 7.64. The van der Waals surface area contributed by atoms with Crippen molar-refractivity contribution in [2.45, 2.75) is 26.9 Å². The topological polar surface area (TPSA) is 80.0 Å². The standard InChI is InChI=1S/C21H19NO6/c1-13-18(14(2)28-22-13)11-24-16-5-3-15(4-6-16)9-21(23)27-17-7-8-19-20(10-17)26-12-25-19/h3-8,10H,9,11-12H2,1-2H3. The highest BCUT2D eigenvalue weighted by Crippen LogP contribution is 2.35. The molecular formula is C21H19NO6. The molecule has 1 aliphatic heterocycles. The first kappa shape index (κ1) is 17.9. The van der Waals surface area contributed by atoms with E-state index in [0.29, 0.717) is 29.6 Å². The number of carbonyl (C=O) groups excluding carboxylic acids is 1. The van der Waals surface area contributed by atoms with Crippen LogP contribution in [0.2, 0.25) is 0 Å². The van der Waals surface area contributed by atoms with Crippen molar-refractivity contribution in [1.82, 2.24) is 5.16 Å². The summed E-state index contributed by atoms with van der Waals surface area (Å²) in [6.45, 7) is 4.29. The van der Waals surface area contributed by atoms with E-state index in [0.717, 1.165) is 22.6 Å². The van der Waals surface area contributed by atoms with Gasteiger partial charge in [-0.05, 0) is 43.7 Å². The van der Waals surface area contributed by atoms with Crippen LogP contribution >= 0.6 is 0 Å². The lowest BCUT2D eigenvalue weighted by Gasteiger charge is -2.08. The summed E-state index contributed by atoms with van der Waals surface area (Å²) in [7, 11) is 0. The van der Waals surface area contributed by atoms with Crippen LogP contribution in [0.4, 0.5) is 0 Å². The van der Waals surface area contributed by atoms with E-state index in [9.17, 15) is 4.79 Å². The van der Waals surface area contributed by atoms with Gasteiger partial charge < -0.3 is 23.5 Å². The monoisotopic (exact) mass is 381 g/mol. The van der Waals surface area contributed by atoms with E-state index < -0.39 is 0 Å². The highest BCUT2D eigenvalue weighted by atomic mass is 16.7. The number of rotatable bonds is 6. The fraction of sp³-hybridized carbons (Fsp3) is 0.238. The lowest BCUT2D eigenvalue weighted by molar-refractivity contribution is -0.133. The van der Waals surface area contributed by atoms with Gasteiger partial charge in [-0.3, -0.25) is 4.79 Å². The summed E-state index contributed by atoms with van der Waals surface area (Å²) in [5.41, 5.74) is 2.59. The molecule has 0 bridgehead atoms. The Bertz CT molecular complexity index is 973. The molecule has 1 aromatic heterocycles. The molecule has 0 saturated heterocycles. The predicted octanol–water partition coefficient (Wildman–Crippen LogP) is 3.75. The number of benzene rings is 2. The normalized spacial score (nSPS) is 12.1. The molecule has 0 aliphatic carbocycles. The highest BCUT2D eigenvalue weighted by Gasteiger charge is 2.15. The number of nitrogens with zero attached hydrogens (tertiary/aromatic N) is 1. The van der Waals surface area contributed by atoms with Gasteiger partial charge in [0.05, 0.1) is 17.7 Å². The van der Waals surface area contributed by atoms with Crippen LogP contribution < -0.4 is 18.9 Å². The zero-order valence-corrected chi connectivity index (χ0v) is 15.6. The number of esters is 1. The fourth-order valence-electron chi connectivity index (χ4n) is 2.84. The Balaban J connectivity index is 1.32. The van der Waals surface area contributed by atoms with Crippen molar-refractivity contribution in [3.05, 3.63) is 65.0 Å². The maximum atomic E-state index is 12.2. The Kier molecular flexibility index (Phi) is 4.89. The minimum Gasteiger partial charge on any atom is -0.489 e. The fourth-order valence-corrected chi connectivity index (χ4v) is 2.84. The quantitative estimate of drug-likeness (QED) is 0.475. The molecule has 144 valence electrons. The van der Waals surface area contributed by atoms with Gasteiger partial charge in [0.2, 0.25) is 6.79 Å². The van der Waals surface area contributed by atoms with Crippen molar-refractivity contribution in [2.24, 2.45) is 0 Å². The van der Waals surface area contributed by atoms with E-state index in [1.807, 2.05) is 38.1 Å². The van der Waals surface area contributed by atoms with Gasteiger partial charge in [-0.2, -0.15) is 0 Å². The van der Waals surface area contributed by atoms with Gasteiger partial charge in [0.25, 0.3) is 0 Å². The van der Waals surface area contributed by atoms with Crippen LogP contribution in [0.5, 0.6) is 23.0 Å². The first-order valence-electron chi connectivity index (χ1n) is 8.82. The molecule has 0 spiro atoms. The van der Waals surface area contributed by atoms with Crippen molar-refractivity contribution < 1.29 is 28.3 Å². The molecule has 7 nitrogen and oxygen atoms in total. The Hall–Kier alpha value is -3.48. The Morgan fingerprint density at radius 2 is 1.79 bits per heavy atom. The summed E-state index contributed by atoms with van der Waals surface area (Å²) in [5.74, 6) is 2.74. The summed E-state index contributed by atoms with van der Waals surface area (Å²) >= 11 is 0. The van der Waals surface area contributed by atoms with E-state index >= 15 is 0 Å². The number of carbonyl (C=O) groups is 1. The van der Waals surface area contributed by atoms with Crippen molar-refractivity contribution >= 4 is 5.97 Å². The summed E-state index contributed by atoms with van der Waals surface area (Å²) < 4.78 is 26.8. The number of hydrogen-bond acceptors (Lipinski definition) is 7. The Morgan fingerprint density at radius 3 is 2.54 bits per heavy atom. The average Bonchev–Trinajstić information content (AvgIpc) is 3.27. The van der Waals surface area contributed by atoms with Crippen LogP contribution in [-0.2, 0) is 17.8 Å². The van der Waals surface area contributed by atoms with Crippen LogP contribution in [0.1, 0.15) is 22.6 Å². The minimum atomic E-state index is -0.358. The number of ether oxygens (including phenoxy) is 4. The van der Waals surface area contributed by atoms with E-state index in [-0.39, 0.29) is 19.2 Å². The predicted molar refractivity (Wildman–Crippen MR) is 98.7 cm³/mol. The van der Waals surface area contributed by atoms with Gasteiger partial charge >= 0.3 is 5.97 Å². The Morgan fingerprint density at radius 1 is 1.04 bits per heavy atom. The molecule has 4 rings (SSSR count). The molecule has 2 heterocycles. The molecule has 0 N–H and O–H groups in total. The van der Waals surface area contributed by atoms with Crippen LogP contribution in [0.25, 0.3) is 0 Å². The smallest absolute Gasteiger partial charge is 0.315 e. The second-order valence-electron chi connectivity index (χ2n) is 6.40. The van der Waals surface area contributed by atoms with Gasteiger partial charge in [0.15, 0.2) is 11.5 Å². The van der Waals surface area contributed by atoms with Gasteiger partial charge in [0.1, 0.15) is 23.9 Å². The lowest BCUT2D eigenvalue weighted by atomic mass is 10.1. The summed E-state index contributed by atoms with van der Waals surface area (Å²) in [6, 6.07) is 12.4. The lowest BCUT2D eigenvalue weighted by Crippen LogP contribution is -2.11. The third-order valence-electron chi connectivity index (χ3n) is 4.41. The van der Waals surface area contributed by atoms with Crippen molar-refractivity contribution in [2.75, 3.05) is 6.79 Å². The van der Waals surface area contributed by atoms with Crippen LogP contribution in [0.3, 0.4) is 0 Å². The summed E-state index contributed by atoms with van der Waals surface area (Å²) in [4.78, 5) is 12.2. The van der Waals surface area contributed by atoms with E-state index in [1.165, 1.54) is 0 Å². The van der Waals surface area contributed by atoms with E-state index in [2.05, 4.69) is 5.16 Å². The number of hydrogen-bond donors (Lipinski definition) is 0. The SMILES string of the molecule is Cc1noc(C)c1COc1ccc(CC(=O)Oc2ccc3c(c2)OCO3)cc1. The largest absolute Gasteiger partial charge is 0.489 e. The first-order chi connectivity index (χ1) is 13.6. The minimum absolute atomic E-state index is 0.151.